The first-order valence-corrected chi connectivity index (χ1v) is 9.77. The predicted molar refractivity (Wildman–Crippen MR) is 95.2 cm³/mol. The van der Waals surface area contributed by atoms with Gasteiger partial charge in [0.1, 0.15) is 21.4 Å². The minimum absolute atomic E-state index is 0.0913. The molecule has 0 N–H and O–H groups in total. The molecule has 0 fully saturated rings. The summed E-state index contributed by atoms with van der Waals surface area (Å²) in [6.07, 6.45) is 4.94. The van der Waals surface area contributed by atoms with Gasteiger partial charge in [-0.3, -0.25) is 4.79 Å². The fourth-order valence-corrected chi connectivity index (χ4v) is 5.23. The van der Waals surface area contributed by atoms with Crippen LogP contribution in [0.1, 0.15) is 44.6 Å². The average molecular weight is 351 g/mol. The quantitative estimate of drug-likeness (QED) is 0.469. The zero-order valence-electron chi connectivity index (χ0n) is 14.0. The molecule has 0 aliphatic heterocycles. The smallest absolute Gasteiger partial charge is 0.319 e. The summed E-state index contributed by atoms with van der Waals surface area (Å²) in [5, 5.41) is 1.80. The van der Waals surface area contributed by atoms with Gasteiger partial charge in [-0.25, -0.2) is 9.97 Å². The van der Waals surface area contributed by atoms with Crippen LogP contribution in [0.3, 0.4) is 0 Å². The van der Waals surface area contributed by atoms with Gasteiger partial charge in [0.15, 0.2) is 0 Å². The molecule has 2 heterocycles. The Kier molecular flexibility index (Phi) is 4.92. The van der Waals surface area contributed by atoms with Gasteiger partial charge in [0.25, 0.3) is 0 Å². The predicted octanol–water partition coefficient (Wildman–Crippen LogP) is 4.25. The number of esters is 1. The first-order chi connectivity index (χ1) is 11.0. The maximum atomic E-state index is 12.1. The summed E-state index contributed by atoms with van der Waals surface area (Å²) in [7, 11) is 0. The lowest BCUT2D eigenvalue weighted by atomic mass is 9.89. The Balaban J connectivity index is 1.91. The van der Waals surface area contributed by atoms with Gasteiger partial charge in [0.05, 0.1) is 6.10 Å². The van der Waals surface area contributed by atoms with Crippen molar-refractivity contribution in [2.24, 2.45) is 5.92 Å². The Bertz CT molecular complexity index is 727. The normalized spacial score (nSPS) is 18.9. The van der Waals surface area contributed by atoms with Gasteiger partial charge in [0.2, 0.25) is 0 Å². The third-order valence-corrected chi connectivity index (χ3v) is 6.27. The third kappa shape index (κ3) is 3.53. The number of rotatable bonds is 4. The van der Waals surface area contributed by atoms with Crippen molar-refractivity contribution in [2.75, 3.05) is 0 Å². The lowest BCUT2D eigenvalue weighted by Gasteiger charge is -2.18. The van der Waals surface area contributed by atoms with Gasteiger partial charge in [-0.2, -0.15) is 0 Å². The number of nitrogens with zero attached hydrogens (tertiary/aromatic N) is 2. The van der Waals surface area contributed by atoms with E-state index in [1.54, 1.807) is 17.7 Å². The second-order valence-corrected chi connectivity index (χ2v) is 8.87. The lowest BCUT2D eigenvalue weighted by molar-refractivity contribution is -0.146. The Morgan fingerprint density at radius 1 is 1.39 bits per heavy atom. The fourth-order valence-electron chi connectivity index (χ4n) is 2.88. The minimum atomic E-state index is -0.270. The largest absolute Gasteiger partial charge is 0.462 e. The topological polar surface area (TPSA) is 52.1 Å². The number of hydrogen-bond acceptors (Lipinski definition) is 6. The van der Waals surface area contributed by atoms with E-state index >= 15 is 0 Å². The Labute approximate surface area is 145 Å². The number of ether oxygens (including phenoxy) is 1. The molecule has 2 aromatic rings. The van der Waals surface area contributed by atoms with Crippen LogP contribution in [0.2, 0.25) is 0 Å². The highest BCUT2D eigenvalue weighted by atomic mass is 32.2. The standard InChI is InChI=1S/C17H22N2O2S2/c1-9(2)21-17(20)11(4)22-15-14-12-6-5-10(3)7-13(12)23-16(14)19-8-18-15/h8-11H,5-7H2,1-4H3/t10-,11-/m0/s1. The number of aromatic nitrogens is 2. The van der Waals surface area contributed by atoms with Crippen molar-refractivity contribution in [3.8, 4) is 0 Å². The molecule has 4 nitrogen and oxygen atoms in total. The van der Waals surface area contributed by atoms with Crippen molar-refractivity contribution in [3.05, 3.63) is 16.8 Å². The van der Waals surface area contributed by atoms with Crippen LogP contribution < -0.4 is 0 Å². The third-order valence-electron chi connectivity index (χ3n) is 4.03. The first-order valence-electron chi connectivity index (χ1n) is 8.08. The van der Waals surface area contributed by atoms with Gasteiger partial charge in [0, 0.05) is 10.3 Å². The monoisotopic (exact) mass is 350 g/mol. The lowest BCUT2D eigenvalue weighted by Crippen LogP contribution is -2.20. The summed E-state index contributed by atoms with van der Waals surface area (Å²) < 4.78 is 5.30. The summed E-state index contributed by atoms with van der Waals surface area (Å²) in [4.78, 5) is 23.5. The number of fused-ring (bicyclic) bond motifs is 3. The second kappa shape index (κ2) is 6.77. The van der Waals surface area contributed by atoms with Gasteiger partial charge in [-0.1, -0.05) is 18.7 Å². The molecule has 1 aliphatic rings. The van der Waals surface area contributed by atoms with Crippen molar-refractivity contribution < 1.29 is 9.53 Å². The highest BCUT2D eigenvalue weighted by Crippen LogP contribution is 2.41. The summed E-state index contributed by atoms with van der Waals surface area (Å²) in [6, 6.07) is 0. The first kappa shape index (κ1) is 16.7. The molecule has 6 heteroatoms. The maximum absolute atomic E-state index is 12.1. The van der Waals surface area contributed by atoms with Crippen molar-refractivity contribution in [3.63, 3.8) is 0 Å². The molecule has 23 heavy (non-hydrogen) atoms. The molecule has 3 rings (SSSR count). The highest BCUT2D eigenvalue weighted by Gasteiger charge is 2.25. The molecule has 0 unspecified atom stereocenters. The van der Waals surface area contributed by atoms with Gasteiger partial charge >= 0.3 is 5.97 Å². The van der Waals surface area contributed by atoms with Crippen LogP contribution in [-0.2, 0) is 22.4 Å². The molecule has 1 aliphatic carbocycles. The molecule has 0 bridgehead atoms. The number of carbonyl (C=O) groups is 1. The molecular weight excluding hydrogens is 328 g/mol. The molecule has 0 saturated heterocycles. The number of carbonyl (C=O) groups excluding carboxylic acids is 1. The van der Waals surface area contributed by atoms with Gasteiger partial charge < -0.3 is 4.74 Å². The molecule has 0 spiro atoms. The molecule has 0 aromatic carbocycles. The van der Waals surface area contributed by atoms with Gasteiger partial charge in [-0.15, -0.1) is 11.3 Å². The molecular formula is C17H22N2O2S2. The Morgan fingerprint density at radius 3 is 2.91 bits per heavy atom. The van der Waals surface area contributed by atoms with Crippen molar-refractivity contribution in [2.45, 2.75) is 63.3 Å². The zero-order chi connectivity index (χ0) is 16.6. The van der Waals surface area contributed by atoms with E-state index in [1.165, 1.54) is 28.6 Å². The zero-order valence-corrected chi connectivity index (χ0v) is 15.6. The average Bonchev–Trinajstić information content (AvgIpc) is 2.84. The van der Waals surface area contributed by atoms with Crippen molar-refractivity contribution in [1.82, 2.24) is 9.97 Å². The maximum Gasteiger partial charge on any atom is 0.319 e. The Morgan fingerprint density at radius 2 is 2.17 bits per heavy atom. The Hall–Kier alpha value is -1.14. The van der Waals surface area contributed by atoms with E-state index in [2.05, 4.69) is 16.9 Å². The van der Waals surface area contributed by atoms with Crippen LogP contribution in [0.15, 0.2) is 11.4 Å². The molecule has 0 amide bonds. The number of thioether (sulfide) groups is 1. The fraction of sp³-hybridized carbons (Fsp3) is 0.588. The van der Waals surface area contributed by atoms with E-state index in [0.29, 0.717) is 0 Å². The second-order valence-electron chi connectivity index (χ2n) is 6.46. The summed E-state index contributed by atoms with van der Waals surface area (Å²) in [5.41, 5.74) is 1.40. The molecule has 0 saturated carbocycles. The van der Waals surface area contributed by atoms with Gasteiger partial charge in [-0.05, 0) is 51.5 Å². The molecule has 124 valence electrons. The number of aryl methyl sites for hydroxylation is 1. The van der Waals surface area contributed by atoms with Crippen molar-refractivity contribution in [1.29, 1.82) is 0 Å². The van der Waals surface area contributed by atoms with E-state index in [0.717, 1.165) is 34.0 Å². The van der Waals surface area contributed by atoms with Crippen LogP contribution in [0, 0.1) is 5.92 Å². The van der Waals surface area contributed by atoms with E-state index in [-0.39, 0.29) is 17.3 Å². The number of hydrogen-bond donors (Lipinski definition) is 0. The van der Waals surface area contributed by atoms with Crippen LogP contribution in [0.25, 0.3) is 10.2 Å². The van der Waals surface area contributed by atoms with E-state index in [9.17, 15) is 4.79 Å². The van der Waals surface area contributed by atoms with Crippen LogP contribution in [0.5, 0.6) is 0 Å². The van der Waals surface area contributed by atoms with E-state index in [1.807, 2.05) is 20.8 Å². The summed E-state index contributed by atoms with van der Waals surface area (Å²) in [5.74, 6) is 0.550. The SMILES string of the molecule is CC(C)OC(=O)[C@H](C)Sc1ncnc2sc3c(c12)CC[C@H](C)C3. The number of thiophene rings is 1. The van der Waals surface area contributed by atoms with Crippen LogP contribution >= 0.6 is 23.1 Å². The minimum Gasteiger partial charge on any atom is -0.462 e. The van der Waals surface area contributed by atoms with Crippen LogP contribution in [0.4, 0.5) is 0 Å². The summed E-state index contributed by atoms with van der Waals surface area (Å²) in [6.45, 7) is 7.92. The van der Waals surface area contributed by atoms with E-state index in [4.69, 9.17) is 4.74 Å². The molecule has 0 radical (unpaired) electrons. The summed E-state index contributed by atoms with van der Waals surface area (Å²) >= 11 is 3.27. The molecule has 2 aromatic heterocycles. The van der Waals surface area contributed by atoms with Crippen LogP contribution in [-0.4, -0.2) is 27.3 Å². The van der Waals surface area contributed by atoms with E-state index < -0.39 is 0 Å². The highest BCUT2D eigenvalue weighted by molar-refractivity contribution is 8.00. The molecule has 2 atom stereocenters. The van der Waals surface area contributed by atoms with Crippen molar-refractivity contribution >= 4 is 39.3 Å².